The van der Waals surface area contributed by atoms with Crippen LogP contribution in [0.1, 0.15) is 29.6 Å². The van der Waals surface area contributed by atoms with E-state index in [9.17, 15) is 0 Å². The first-order valence-electron chi connectivity index (χ1n) is 7.07. The molecule has 0 aromatic heterocycles. The Balaban J connectivity index is 1.79. The van der Waals surface area contributed by atoms with Gasteiger partial charge in [-0.05, 0) is 30.2 Å². The summed E-state index contributed by atoms with van der Waals surface area (Å²) in [7, 11) is 0. The van der Waals surface area contributed by atoms with Crippen molar-refractivity contribution in [1.82, 2.24) is 5.32 Å². The van der Waals surface area contributed by atoms with Crippen LogP contribution in [0.25, 0.3) is 0 Å². The average molecular weight is 250 g/mol. The van der Waals surface area contributed by atoms with E-state index in [1.54, 1.807) is 0 Å². The van der Waals surface area contributed by atoms with Crippen LogP contribution in [0, 0.1) is 5.92 Å². The van der Waals surface area contributed by atoms with E-state index in [0.29, 0.717) is 18.0 Å². The molecule has 19 heavy (non-hydrogen) atoms. The largest absolute Gasteiger partial charge is 0.378 e. The first-order chi connectivity index (χ1) is 9.43. The van der Waals surface area contributed by atoms with Crippen molar-refractivity contribution < 1.29 is 0 Å². The third kappa shape index (κ3) is 1.75. The van der Waals surface area contributed by atoms with Crippen LogP contribution in [-0.2, 0) is 0 Å². The van der Waals surface area contributed by atoms with Crippen molar-refractivity contribution in [3.8, 4) is 0 Å². The van der Waals surface area contributed by atoms with E-state index in [2.05, 4.69) is 65.2 Å². The minimum Gasteiger partial charge on any atom is -0.378 e. The molecule has 4 rings (SSSR count). The zero-order chi connectivity index (χ0) is 12.7. The first kappa shape index (κ1) is 11.1. The highest BCUT2D eigenvalue weighted by Crippen LogP contribution is 2.46. The lowest BCUT2D eigenvalue weighted by Gasteiger charge is -2.37. The van der Waals surface area contributed by atoms with Crippen molar-refractivity contribution in [3.05, 3.63) is 65.7 Å². The van der Waals surface area contributed by atoms with Gasteiger partial charge in [-0.25, -0.2) is 0 Å². The van der Waals surface area contributed by atoms with Crippen LogP contribution < -0.4 is 10.6 Å². The summed E-state index contributed by atoms with van der Waals surface area (Å²) < 4.78 is 0. The van der Waals surface area contributed by atoms with Crippen LogP contribution in [0.2, 0.25) is 0 Å². The minimum absolute atomic E-state index is 0.427. The maximum Gasteiger partial charge on any atom is 0.0560 e. The first-order valence-corrected chi connectivity index (χ1v) is 7.07. The highest BCUT2D eigenvalue weighted by Gasteiger charge is 2.39. The molecule has 0 amide bonds. The van der Waals surface area contributed by atoms with Gasteiger partial charge in [-0.15, -0.1) is 0 Å². The van der Waals surface area contributed by atoms with E-state index < -0.39 is 0 Å². The van der Waals surface area contributed by atoms with Gasteiger partial charge in [0.1, 0.15) is 0 Å². The number of hydrogen-bond donors (Lipinski definition) is 2. The molecular formula is C17H18N2. The van der Waals surface area contributed by atoms with E-state index in [0.717, 1.165) is 6.54 Å². The van der Waals surface area contributed by atoms with Gasteiger partial charge in [0.25, 0.3) is 0 Å². The van der Waals surface area contributed by atoms with Gasteiger partial charge in [0.05, 0.1) is 6.04 Å². The lowest BCUT2D eigenvalue weighted by Crippen LogP contribution is -2.32. The Morgan fingerprint density at radius 1 is 0.842 bits per heavy atom. The Kier molecular flexibility index (Phi) is 2.56. The molecule has 2 heterocycles. The van der Waals surface area contributed by atoms with Gasteiger partial charge in [-0.3, -0.25) is 0 Å². The van der Waals surface area contributed by atoms with Crippen molar-refractivity contribution in [3.63, 3.8) is 0 Å². The molecule has 0 bridgehead atoms. The van der Waals surface area contributed by atoms with Crippen molar-refractivity contribution in [2.45, 2.75) is 18.5 Å². The van der Waals surface area contributed by atoms with E-state index in [1.165, 1.54) is 23.2 Å². The van der Waals surface area contributed by atoms with Crippen LogP contribution in [-0.4, -0.2) is 6.54 Å². The molecule has 2 aromatic rings. The second-order valence-electron chi connectivity index (χ2n) is 5.50. The zero-order valence-corrected chi connectivity index (χ0v) is 10.8. The lowest BCUT2D eigenvalue weighted by atomic mass is 9.80. The molecule has 2 aliphatic heterocycles. The molecule has 2 aliphatic rings. The summed E-state index contributed by atoms with van der Waals surface area (Å²) in [5.41, 5.74) is 4.11. The molecule has 2 N–H and O–H groups in total. The van der Waals surface area contributed by atoms with Crippen LogP contribution in [0.5, 0.6) is 0 Å². The fourth-order valence-corrected chi connectivity index (χ4v) is 3.59. The van der Waals surface area contributed by atoms with Crippen molar-refractivity contribution in [2.75, 3.05) is 11.9 Å². The number of anilines is 1. The summed E-state index contributed by atoms with van der Waals surface area (Å²) in [4.78, 5) is 0. The third-order valence-corrected chi connectivity index (χ3v) is 4.46. The third-order valence-electron chi connectivity index (χ3n) is 4.46. The predicted octanol–water partition coefficient (Wildman–Crippen LogP) is 3.50. The van der Waals surface area contributed by atoms with Crippen molar-refractivity contribution in [2.24, 2.45) is 5.92 Å². The Morgan fingerprint density at radius 3 is 2.53 bits per heavy atom. The maximum atomic E-state index is 3.74. The molecule has 0 radical (unpaired) electrons. The monoisotopic (exact) mass is 250 g/mol. The number of rotatable bonds is 1. The fraction of sp³-hybridized carbons (Fsp3) is 0.294. The van der Waals surface area contributed by atoms with E-state index in [4.69, 9.17) is 0 Å². The fourth-order valence-electron chi connectivity index (χ4n) is 3.59. The molecule has 2 aromatic carbocycles. The summed E-state index contributed by atoms with van der Waals surface area (Å²) >= 11 is 0. The predicted molar refractivity (Wildman–Crippen MR) is 78.1 cm³/mol. The van der Waals surface area contributed by atoms with Crippen LogP contribution in [0.3, 0.4) is 0 Å². The van der Waals surface area contributed by atoms with Gasteiger partial charge >= 0.3 is 0 Å². The van der Waals surface area contributed by atoms with Gasteiger partial charge in [0, 0.05) is 17.6 Å². The van der Waals surface area contributed by atoms with E-state index >= 15 is 0 Å². The molecular weight excluding hydrogens is 232 g/mol. The Bertz CT molecular complexity index is 579. The van der Waals surface area contributed by atoms with Gasteiger partial charge in [-0.1, -0.05) is 48.5 Å². The van der Waals surface area contributed by atoms with Gasteiger partial charge in [0.15, 0.2) is 0 Å². The molecule has 0 aliphatic carbocycles. The molecule has 1 saturated heterocycles. The smallest absolute Gasteiger partial charge is 0.0560 e. The van der Waals surface area contributed by atoms with Crippen LogP contribution >= 0.6 is 0 Å². The summed E-state index contributed by atoms with van der Waals surface area (Å²) in [6.07, 6.45) is 1.24. The Hall–Kier alpha value is -1.80. The lowest BCUT2D eigenvalue weighted by molar-refractivity contribution is 0.391. The zero-order valence-electron chi connectivity index (χ0n) is 10.8. The second-order valence-corrected chi connectivity index (χ2v) is 5.50. The molecule has 2 heteroatoms. The summed E-state index contributed by atoms with van der Waals surface area (Å²) in [5.74, 6) is 0.650. The standard InChI is InChI=1S/C17H18N2/c1-2-6-12(7-3-1)16-14-10-11-18-17(14)13-8-4-5-9-15(13)19-16/h1-9,14,16-19H,10-11H2/t14?,16?,17-/m1/s1. The summed E-state index contributed by atoms with van der Waals surface area (Å²) in [6, 6.07) is 20.5. The minimum atomic E-state index is 0.427. The van der Waals surface area contributed by atoms with Crippen LogP contribution in [0.4, 0.5) is 5.69 Å². The maximum absolute atomic E-state index is 3.74. The van der Waals surface area contributed by atoms with E-state index in [1.807, 2.05) is 0 Å². The van der Waals surface area contributed by atoms with Crippen molar-refractivity contribution in [1.29, 1.82) is 0 Å². The number of benzene rings is 2. The summed E-state index contributed by atoms with van der Waals surface area (Å²) in [6.45, 7) is 1.12. The summed E-state index contributed by atoms with van der Waals surface area (Å²) in [5, 5.41) is 7.42. The molecule has 1 fully saturated rings. The van der Waals surface area contributed by atoms with Crippen LogP contribution in [0.15, 0.2) is 54.6 Å². The number of para-hydroxylation sites is 1. The quantitative estimate of drug-likeness (QED) is 0.809. The highest BCUT2D eigenvalue weighted by atomic mass is 15.0. The molecule has 0 saturated carbocycles. The number of nitrogens with one attached hydrogen (secondary N) is 2. The SMILES string of the molecule is c1ccc(C2Nc3ccccc3[C@H]3NCCC23)cc1. The molecule has 2 unspecified atom stereocenters. The highest BCUT2D eigenvalue weighted by molar-refractivity contribution is 5.57. The normalized spacial score (nSPS) is 28.3. The van der Waals surface area contributed by atoms with Gasteiger partial charge in [0.2, 0.25) is 0 Å². The van der Waals surface area contributed by atoms with Crippen molar-refractivity contribution >= 4 is 5.69 Å². The average Bonchev–Trinajstić information content (AvgIpc) is 2.97. The Morgan fingerprint density at radius 2 is 1.63 bits per heavy atom. The number of fused-ring (bicyclic) bond motifs is 3. The number of hydrogen-bond acceptors (Lipinski definition) is 2. The Labute approximate surface area is 113 Å². The molecule has 96 valence electrons. The second kappa shape index (κ2) is 4.39. The topological polar surface area (TPSA) is 24.1 Å². The molecule has 2 nitrogen and oxygen atoms in total. The molecule has 0 spiro atoms. The van der Waals surface area contributed by atoms with E-state index in [-0.39, 0.29) is 0 Å². The van der Waals surface area contributed by atoms with Gasteiger partial charge in [-0.2, -0.15) is 0 Å². The van der Waals surface area contributed by atoms with Gasteiger partial charge < -0.3 is 10.6 Å². The molecule has 3 atom stereocenters.